The number of ether oxygens (including phenoxy) is 1. The third-order valence-electron chi connectivity index (χ3n) is 2.83. The smallest absolute Gasteiger partial charge is 0.237 e. The van der Waals surface area contributed by atoms with Crippen molar-refractivity contribution in [2.75, 3.05) is 20.3 Å². The monoisotopic (exact) mass is 214 g/mol. The maximum Gasteiger partial charge on any atom is 0.237 e. The van der Waals surface area contributed by atoms with Gasteiger partial charge in [0.1, 0.15) is 0 Å². The SMILES string of the molecule is CCC(COC)NC1CCCCNC1=O. The third kappa shape index (κ3) is 4.18. The quantitative estimate of drug-likeness (QED) is 0.707. The second kappa shape index (κ2) is 6.80. The van der Waals surface area contributed by atoms with Crippen LogP contribution in [0.3, 0.4) is 0 Å². The maximum atomic E-state index is 11.7. The van der Waals surface area contributed by atoms with Crippen LogP contribution in [-0.2, 0) is 9.53 Å². The highest BCUT2D eigenvalue weighted by Crippen LogP contribution is 2.07. The van der Waals surface area contributed by atoms with Gasteiger partial charge in [-0.3, -0.25) is 4.79 Å². The Hall–Kier alpha value is -0.610. The van der Waals surface area contributed by atoms with E-state index in [1.807, 2.05) is 0 Å². The molecule has 4 nitrogen and oxygen atoms in total. The van der Waals surface area contributed by atoms with Crippen molar-refractivity contribution in [1.29, 1.82) is 0 Å². The van der Waals surface area contributed by atoms with E-state index in [0.29, 0.717) is 6.61 Å². The summed E-state index contributed by atoms with van der Waals surface area (Å²) < 4.78 is 5.11. The van der Waals surface area contributed by atoms with Gasteiger partial charge in [-0.05, 0) is 25.7 Å². The van der Waals surface area contributed by atoms with Gasteiger partial charge in [0, 0.05) is 19.7 Å². The van der Waals surface area contributed by atoms with Crippen molar-refractivity contribution < 1.29 is 9.53 Å². The van der Waals surface area contributed by atoms with E-state index in [1.165, 1.54) is 0 Å². The number of carbonyl (C=O) groups is 1. The van der Waals surface area contributed by atoms with Gasteiger partial charge in [-0.1, -0.05) is 6.92 Å². The Bertz CT molecular complexity index is 197. The lowest BCUT2D eigenvalue weighted by molar-refractivity contribution is -0.123. The Kier molecular flexibility index (Phi) is 5.65. The van der Waals surface area contributed by atoms with E-state index < -0.39 is 0 Å². The number of rotatable bonds is 5. The van der Waals surface area contributed by atoms with Gasteiger partial charge in [-0.15, -0.1) is 0 Å². The molecule has 0 aliphatic carbocycles. The Balaban J connectivity index is 2.42. The van der Waals surface area contributed by atoms with Crippen molar-refractivity contribution in [3.63, 3.8) is 0 Å². The fourth-order valence-electron chi connectivity index (χ4n) is 1.87. The summed E-state index contributed by atoms with van der Waals surface area (Å²) in [4.78, 5) is 11.7. The molecule has 1 aliphatic heterocycles. The summed E-state index contributed by atoms with van der Waals surface area (Å²) in [6, 6.07) is 0.247. The largest absolute Gasteiger partial charge is 0.383 e. The molecule has 1 saturated heterocycles. The Labute approximate surface area is 91.8 Å². The van der Waals surface area contributed by atoms with Crippen molar-refractivity contribution in [1.82, 2.24) is 10.6 Å². The third-order valence-corrected chi connectivity index (χ3v) is 2.83. The molecule has 1 rings (SSSR count). The summed E-state index contributed by atoms with van der Waals surface area (Å²) in [6.07, 6.45) is 4.12. The average Bonchev–Trinajstić information content (AvgIpc) is 2.43. The molecule has 0 aromatic carbocycles. The minimum absolute atomic E-state index is 0.0346. The molecule has 2 N–H and O–H groups in total. The fourth-order valence-corrected chi connectivity index (χ4v) is 1.87. The van der Waals surface area contributed by atoms with Crippen LogP contribution < -0.4 is 10.6 Å². The minimum Gasteiger partial charge on any atom is -0.383 e. The summed E-state index contributed by atoms with van der Waals surface area (Å²) in [6.45, 7) is 3.59. The zero-order valence-corrected chi connectivity index (χ0v) is 9.71. The summed E-state index contributed by atoms with van der Waals surface area (Å²) in [5, 5.41) is 6.28. The van der Waals surface area contributed by atoms with Gasteiger partial charge < -0.3 is 15.4 Å². The van der Waals surface area contributed by atoms with E-state index in [2.05, 4.69) is 17.6 Å². The number of nitrogens with one attached hydrogen (secondary N) is 2. The number of carbonyl (C=O) groups excluding carboxylic acids is 1. The van der Waals surface area contributed by atoms with Crippen LogP contribution in [0.5, 0.6) is 0 Å². The Morgan fingerprint density at radius 2 is 2.40 bits per heavy atom. The maximum absolute atomic E-state index is 11.7. The van der Waals surface area contributed by atoms with E-state index in [1.54, 1.807) is 7.11 Å². The first-order valence-corrected chi connectivity index (χ1v) is 5.80. The molecule has 0 saturated carbocycles. The predicted octanol–water partition coefficient (Wildman–Crippen LogP) is 0.670. The van der Waals surface area contributed by atoms with Crippen LogP contribution in [-0.4, -0.2) is 38.3 Å². The van der Waals surface area contributed by atoms with Crippen LogP contribution >= 0.6 is 0 Å². The molecule has 1 fully saturated rings. The molecule has 0 radical (unpaired) electrons. The van der Waals surface area contributed by atoms with Gasteiger partial charge in [0.2, 0.25) is 5.91 Å². The molecule has 88 valence electrons. The summed E-state index contributed by atoms with van der Waals surface area (Å²) in [5.74, 6) is 0.141. The number of methoxy groups -OCH3 is 1. The molecule has 0 spiro atoms. The molecule has 0 bridgehead atoms. The highest BCUT2D eigenvalue weighted by Gasteiger charge is 2.22. The summed E-state index contributed by atoms with van der Waals surface area (Å²) in [7, 11) is 1.69. The van der Waals surface area contributed by atoms with Gasteiger partial charge in [-0.25, -0.2) is 0 Å². The van der Waals surface area contributed by atoms with E-state index in [-0.39, 0.29) is 18.0 Å². The normalized spacial score (nSPS) is 24.4. The molecule has 0 aromatic rings. The Morgan fingerprint density at radius 3 is 3.07 bits per heavy atom. The lowest BCUT2D eigenvalue weighted by atomic mass is 10.1. The lowest BCUT2D eigenvalue weighted by Gasteiger charge is -2.22. The van der Waals surface area contributed by atoms with Crippen LogP contribution in [0.4, 0.5) is 0 Å². The average molecular weight is 214 g/mol. The van der Waals surface area contributed by atoms with Gasteiger partial charge in [0.15, 0.2) is 0 Å². The molecule has 15 heavy (non-hydrogen) atoms. The van der Waals surface area contributed by atoms with Gasteiger partial charge in [0.05, 0.1) is 12.6 Å². The lowest BCUT2D eigenvalue weighted by Crippen LogP contribution is -2.48. The van der Waals surface area contributed by atoms with E-state index in [0.717, 1.165) is 32.2 Å². The molecule has 1 heterocycles. The topological polar surface area (TPSA) is 50.4 Å². The van der Waals surface area contributed by atoms with E-state index >= 15 is 0 Å². The van der Waals surface area contributed by atoms with Crippen LogP contribution in [0, 0.1) is 0 Å². The molecule has 1 aliphatic rings. The number of hydrogen-bond acceptors (Lipinski definition) is 3. The van der Waals surface area contributed by atoms with Crippen molar-refractivity contribution in [2.24, 2.45) is 0 Å². The molecular formula is C11H22N2O2. The van der Waals surface area contributed by atoms with E-state index in [9.17, 15) is 4.79 Å². The first kappa shape index (κ1) is 12.5. The van der Waals surface area contributed by atoms with Gasteiger partial charge >= 0.3 is 0 Å². The zero-order valence-electron chi connectivity index (χ0n) is 9.71. The van der Waals surface area contributed by atoms with Gasteiger partial charge in [0.25, 0.3) is 0 Å². The molecule has 4 heteroatoms. The summed E-state index contributed by atoms with van der Waals surface area (Å²) >= 11 is 0. The molecule has 1 amide bonds. The highest BCUT2D eigenvalue weighted by molar-refractivity contribution is 5.81. The van der Waals surface area contributed by atoms with Crippen molar-refractivity contribution in [3.8, 4) is 0 Å². The van der Waals surface area contributed by atoms with Crippen LogP contribution in [0.2, 0.25) is 0 Å². The highest BCUT2D eigenvalue weighted by atomic mass is 16.5. The molecule has 2 atom stereocenters. The fraction of sp³-hybridized carbons (Fsp3) is 0.909. The number of hydrogen-bond donors (Lipinski definition) is 2. The summed E-state index contributed by atoms with van der Waals surface area (Å²) in [5.41, 5.74) is 0. The van der Waals surface area contributed by atoms with Crippen LogP contribution in [0.25, 0.3) is 0 Å². The van der Waals surface area contributed by atoms with Crippen LogP contribution in [0.15, 0.2) is 0 Å². The van der Waals surface area contributed by atoms with Gasteiger partial charge in [-0.2, -0.15) is 0 Å². The van der Waals surface area contributed by atoms with Crippen LogP contribution in [0.1, 0.15) is 32.6 Å². The number of amides is 1. The van der Waals surface area contributed by atoms with Crippen molar-refractivity contribution in [3.05, 3.63) is 0 Å². The predicted molar refractivity (Wildman–Crippen MR) is 59.7 cm³/mol. The molecular weight excluding hydrogens is 192 g/mol. The molecule has 0 aromatic heterocycles. The Morgan fingerprint density at radius 1 is 1.60 bits per heavy atom. The second-order valence-corrected chi connectivity index (χ2v) is 4.07. The van der Waals surface area contributed by atoms with Crippen molar-refractivity contribution >= 4 is 5.91 Å². The first-order chi connectivity index (χ1) is 7.27. The van der Waals surface area contributed by atoms with E-state index in [4.69, 9.17) is 4.74 Å². The minimum atomic E-state index is -0.0346. The van der Waals surface area contributed by atoms with Crippen molar-refractivity contribution in [2.45, 2.75) is 44.7 Å². The second-order valence-electron chi connectivity index (χ2n) is 4.07. The zero-order chi connectivity index (χ0) is 11.1. The molecule has 2 unspecified atom stereocenters. The first-order valence-electron chi connectivity index (χ1n) is 5.80. The standard InChI is InChI=1S/C11H22N2O2/c1-3-9(8-15-2)13-10-6-4-5-7-12-11(10)14/h9-10,13H,3-8H2,1-2H3,(H,12,14).